The van der Waals surface area contributed by atoms with E-state index < -0.39 is 0 Å². The van der Waals surface area contributed by atoms with Crippen LogP contribution in [0.4, 0.5) is 5.82 Å². The summed E-state index contributed by atoms with van der Waals surface area (Å²) in [5, 5.41) is 12.1. The number of anilines is 1. The van der Waals surface area contributed by atoms with E-state index in [1.54, 1.807) is 6.20 Å². The molecule has 0 aliphatic heterocycles. The van der Waals surface area contributed by atoms with Gasteiger partial charge in [0.1, 0.15) is 5.69 Å². The van der Waals surface area contributed by atoms with Crippen LogP contribution in [0.5, 0.6) is 0 Å². The fraction of sp³-hybridized carbons (Fsp3) is 0.174. The van der Waals surface area contributed by atoms with Crippen LogP contribution in [0.1, 0.15) is 30.7 Å². The molecule has 0 aliphatic rings. The van der Waals surface area contributed by atoms with E-state index in [0.717, 1.165) is 22.3 Å². The minimum atomic E-state index is -0.135. The molecule has 2 N–H and O–H groups in total. The first kappa shape index (κ1) is 19.5. The van der Waals surface area contributed by atoms with Crippen LogP contribution < -0.4 is 5.32 Å². The van der Waals surface area contributed by atoms with Crippen LogP contribution >= 0.6 is 0 Å². The molecule has 0 spiro atoms. The summed E-state index contributed by atoms with van der Waals surface area (Å²) in [6.07, 6.45) is 3.83. The summed E-state index contributed by atoms with van der Waals surface area (Å²) in [6, 6.07) is 17.1. The highest BCUT2D eigenvalue weighted by atomic mass is 16.3. The van der Waals surface area contributed by atoms with Crippen molar-refractivity contribution in [3.8, 4) is 11.3 Å². The number of rotatable bonds is 6. The lowest BCUT2D eigenvalue weighted by Gasteiger charge is -2.10. The number of carbonyl (C=O) groups excluding carboxylic acids is 1. The van der Waals surface area contributed by atoms with Gasteiger partial charge in [0.2, 0.25) is 5.91 Å². The average Bonchev–Trinajstić information content (AvgIpc) is 2.70. The molecule has 2 aromatic carbocycles. The number of aromatic nitrogens is 2. The van der Waals surface area contributed by atoms with E-state index in [-0.39, 0.29) is 18.9 Å². The lowest BCUT2D eigenvalue weighted by molar-refractivity contribution is -0.115. The smallest absolute Gasteiger partial charge is 0.230 e. The highest BCUT2D eigenvalue weighted by Crippen LogP contribution is 2.22. The van der Waals surface area contributed by atoms with Gasteiger partial charge in [0.25, 0.3) is 0 Å². The number of amides is 1. The number of benzene rings is 2. The molecule has 0 aliphatic carbocycles. The third-order valence-corrected chi connectivity index (χ3v) is 4.12. The van der Waals surface area contributed by atoms with Crippen LogP contribution in [0, 0.1) is 0 Å². The van der Waals surface area contributed by atoms with Gasteiger partial charge in [0, 0.05) is 5.56 Å². The second kappa shape index (κ2) is 9.06. The highest BCUT2D eigenvalue weighted by molar-refractivity contribution is 5.93. The molecule has 0 atom stereocenters. The largest absolute Gasteiger partial charge is 0.392 e. The van der Waals surface area contributed by atoms with Crippen molar-refractivity contribution in [2.75, 3.05) is 5.32 Å². The fourth-order valence-corrected chi connectivity index (χ4v) is 2.75. The van der Waals surface area contributed by atoms with Crippen molar-refractivity contribution in [1.29, 1.82) is 0 Å². The SMILES string of the molecule is CC(C)=Cc1nc(-c2ccc(CO)cc2)cnc1NC(=O)Cc1ccccc1. The number of nitrogens with zero attached hydrogens (tertiary/aromatic N) is 2. The molecule has 3 rings (SSSR count). The summed E-state index contributed by atoms with van der Waals surface area (Å²) in [5.41, 5.74) is 5.06. The lowest BCUT2D eigenvalue weighted by Crippen LogP contribution is -2.16. The molecule has 1 aromatic heterocycles. The number of aliphatic hydroxyl groups is 1. The Balaban J connectivity index is 1.86. The predicted octanol–water partition coefficient (Wildman–Crippen LogP) is 4.24. The molecule has 0 saturated heterocycles. The van der Waals surface area contributed by atoms with Crippen LogP contribution in [0.15, 0.2) is 66.4 Å². The van der Waals surface area contributed by atoms with Crippen molar-refractivity contribution in [1.82, 2.24) is 9.97 Å². The van der Waals surface area contributed by atoms with Crippen LogP contribution in [-0.2, 0) is 17.8 Å². The Labute approximate surface area is 164 Å². The van der Waals surface area contributed by atoms with Crippen LogP contribution in [0.2, 0.25) is 0 Å². The fourth-order valence-electron chi connectivity index (χ4n) is 2.75. The van der Waals surface area contributed by atoms with Crippen molar-refractivity contribution in [2.24, 2.45) is 0 Å². The van der Waals surface area contributed by atoms with Crippen LogP contribution in [0.25, 0.3) is 17.3 Å². The predicted molar refractivity (Wildman–Crippen MR) is 111 cm³/mol. The molecule has 0 fully saturated rings. The van der Waals surface area contributed by atoms with Gasteiger partial charge in [-0.1, -0.05) is 60.2 Å². The number of aliphatic hydroxyl groups excluding tert-OH is 1. The molecule has 5 heteroatoms. The van der Waals surface area contributed by atoms with Gasteiger partial charge < -0.3 is 10.4 Å². The first-order valence-electron chi connectivity index (χ1n) is 9.11. The van der Waals surface area contributed by atoms with Crippen molar-refractivity contribution in [3.05, 3.63) is 83.2 Å². The maximum absolute atomic E-state index is 12.4. The third kappa shape index (κ3) is 5.11. The quantitative estimate of drug-likeness (QED) is 0.678. The summed E-state index contributed by atoms with van der Waals surface area (Å²) >= 11 is 0. The molecule has 5 nitrogen and oxygen atoms in total. The maximum Gasteiger partial charge on any atom is 0.230 e. The average molecular weight is 373 g/mol. The Morgan fingerprint density at radius 1 is 1.04 bits per heavy atom. The van der Waals surface area contributed by atoms with Gasteiger partial charge in [-0.25, -0.2) is 9.97 Å². The van der Waals surface area contributed by atoms with Crippen molar-refractivity contribution < 1.29 is 9.90 Å². The zero-order valence-corrected chi connectivity index (χ0v) is 16.0. The van der Waals surface area contributed by atoms with Gasteiger partial charge in [-0.05, 0) is 31.1 Å². The van der Waals surface area contributed by atoms with Crippen LogP contribution in [-0.4, -0.2) is 21.0 Å². The first-order chi connectivity index (χ1) is 13.5. The molecule has 0 saturated carbocycles. The summed E-state index contributed by atoms with van der Waals surface area (Å²) < 4.78 is 0. The maximum atomic E-state index is 12.4. The molecule has 1 heterocycles. The molecule has 0 unspecified atom stereocenters. The lowest BCUT2D eigenvalue weighted by atomic mass is 10.1. The summed E-state index contributed by atoms with van der Waals surface area (Å²) in [5.74, 6) is 0.307. The third-order valence-electron chi connectivity index (χ3n) is 4.12. The van der Waals surface area contributed by atoms with Gasteiger partial charge in [0.05, 0.1) is 24.9 Å². The van der Waals surface area contributed by atoms with E-state index in [1.165, 1.54) is 0 Å². The van der Waals surface area contributed by atoms with Gasteiger partial charge in [0.15, 0.2) is 5.82 Å². The Morgan fingerprint density at radius 3 is 2.39 bits per heavy atom. The topological polar surface area (TPSA) is 75.1 Å². The normalized spacial score (nSPS) is 10.4. The summed E-state index contributed by atoms with van der Waals surface area (Å²) in [4.78, 5) is 21.5. The van der Waals surface area contributed by atoms with E-state index in [2.05, 4.69) is 15.3 Å². The molecule has 28 heavy (non-hydrogen) atoms. The van der Waals surface area contributed by atoms with E-state index >= 15 is 0 Å². The molecular formula is C23H23N3O2. The number of allylic oxidation sites excluding steroid dienone is 1. The zero-order valence-electron chi connectivity index (χ0n) is 16.0. The Hall–Kier alpha value is -3.31. The summed E-state index contributed by atoms with van der Waals surface area (Å²) in [6.45, 7) is 3.95. The molecule has 1 amide bonds. The van der Waals surface area contributed by atoms with E-state index in [1.807, 2.05) is 74.5 Å². The van der Waals surface area contributed by atoms with E-state index in [4.69, 9.17) is 0 Å². The van der Waals surface area contributed by atoms with E-state index in [0.29, 0.717) is 17.2 Å². The Bertz CT molecular complexity index is 976. The van der Waals surface area contributed by atoms with Gasteiger partial charge in [-0.3, -0.25) is 4.79 Å². The molecular weight excluding hydrogens is 350 g/mol. The molecule has 142 valence electrons. The number of hydrogen-bond acceptors (Lipinski definition) is 4. The second-order valence-corrected chi connectivity index (χ2v) is 6.78. The van der Waals surface area contributed by atoms with Gasteiger partial charge in [-0.2, -0.15) is 0 Å². The van der Waals surface area contributed by atoms with Crippen molar-refractivity contribution in [2.45, 2.75) is 26.9 Å². The molecule has 0 radical (unpaired) electrons. The Kier molecular flexibility index (Phi) is 6.29. The summed E-state index contributed by atoms with van der Waals surface area (Å²) in [7, 11) is 0. The number of hydrogen-bond donors (Lipinski definition) is 2. The molecule has 3 aromatic rings. The van der Waals surface area contributed by atoms with E-state index in [9.17, 15) is 9.90 Å². The standard InChI is InChI=1S/C23H23N3O2/c1-16(2)12-20-23(26-22(28)13-17-6-4-3-5-7-17)24-14-21(25-20)19-10-8-18(15-27)9-11-19/h3-12,14,27H,13,15H2,1-2H3,(H,24,26,28). The molecule has 0 bridgehead atoms. The van der Waals surface area contributed by atoms with Gasteiger partial charge in [-0.15, -0.1) is 0 Å². The highest BCUT2D eigenvalue weighted by Gasteiger charge is 2.11. The minimum absolute atomic E-state index is 0.00135. The first-order valence-corrected chi connectivity index (χ1v) is 9.11. The Morgan fingerprint density at radius 2 is 1.75 bits per heavy atom. The monoisotopic (exact) mass is 373 g/mol. The van der Waals surface area contributed by atoms with Crippen molar-refractivity contribution in [3.63, 3.8) is 0 Å². The minimum Gasteiger partial charge on any atom is -0.392 e. The van der Waals surface area contributed by atoms with Crippen molar-refractivity contribution >= 4 is 17.8 Å². The second-order valence-electron chi connectivity index (χ2n) is 6.78. The number of nitrogens with one attached hydrogen (secondary N) is 1. The van der Waals surface area contributed by atoms with Gasteiger partial charge >= 0.3 is 0 Å². The van der Waals surface area contributed by atoms with Crippen LogP contribution in [0.3, 0.4) is 0 Å². The zero-order chi connectivity index (χ0) is 19.9. The number of carbonyl (C=O) groups is 1.